The average Bonchev–Trinajstić information content (AvgIpc) is 3.64. The van der Waals surface area contributed by atoms with E-state index in [0.29, 0.717) is 13.0 Å². The summed E-state index contributed by atoms with van der Waals surface area (Å²) in [6.45, 7) is 0.569. The van der Waals surface area contributed by atoms with Gasteiger partial charge in [0.25, 0.3) is 0 Å². The zero-order valence-electron chi connectivity index (χ0n) is 24.1. The van der Waals surface area contributed by atoms with Crippen LogP contribution in [-0.2, 0) is 37.0 Å². The highest BCUT2D eigenvalue weighted by atomic mass is 16.5. The number of hydrogen-bond donors (Lipinski definition) is 2. The average molecular weight is 571 g/mol. The van der Waals surface area contributed by atoms with E-state index in [9.17, 15) is 4.79 Å². The molecule has 216 valence electrons. The SMILES string of the molecule is COc1ccc(Cn2c(CCc3ccccc3)nnc2C(Cc2c[nH]c3ccccc23)NC(=O)Cc2cccnc2)cc1. The van der Waals surface area contributed by atoms with Gasteiger partial charge >= 0.3 is 0 Å². The Bertz CT molecular complexity index is 1780. The Morgan fingerprint density at radius 2 is 1.67 bits per heavy atom. The van der Waals surface area contributed by atoms with E-state index in [-0.39, 0.29) is 12.3 Å². The zero-order valence-corrected chi connectivity index (χ0v) is 24.1. The Kier molecular flexibility index (Phi) is 8.54. The number of aromatic nitrogens is 5. The summed E-state index contributed by atoms with van der Waals surface area (Å²) in [4.78, 5) is 21.0. The molecule has 43 heavy (non-hydrogen) atoms. The molecule has 2 N–H and O–H groups in total. The third-order valence-electron chi connectivity index (χ3n) is 7.67. The van der Waals surface area contributed by atoms with Gasteiger partial charge in [-0.05, 0) is 52.9 Å². The number of rotatable bonds is 12. The quantitative estimate of drug-likeness (QED) is 0.199. The van der Waals surface area contributed by atoms with Gasteiger partial charge in [0.1, 0.15) is 11.6 Å². The molecule has 0 aliphatic carbocycles. The first-order valence-corrected chi connectivity index (χ1v) is 14.5. The summed E-state index contributed by atoms with van der Waals surface area (Å²) in [6, 6.07) is 30.0. The molecule has 8 nitrogen and oxygen atoms in total. The van der Waals surface area contributed by atoms with E-state index in [1.54, 1.807) is 19.5 Å². The van der Waals surface area contributed by atoms with Crippen molar-refractivity contribution >= 4 is 16.8 Å². The second kappa shape index (κ2) is 13.2. The van der Waals surface area contributed by atoms with E-state index in [1.807, 2.05) is 48.7 Å². The summed E-state index contributed by atoms with van der Waals surface area (Å²) in [5, 5.41) is 13.8. The lowest BCUT2D eigenvalue weighted by Crippen LogP contribution is -2.33. The number of amides is 1. The van der Waals surface area contributed by atoms with Crippen molar-refractivity contribution in [3.8, 4) is 5.75 Å². The minimum absolute atomic E-state index is 0.0947. The predicted molar refractivity (Wildman–Crippen MR) is 167 cm³/mol. The number of carbonyl (C=O) groups is 1. The van der Waals surface area contributed by atoms with Crippen LogP contribution in [0.15, 0.2) is 110 Å². The Balaban J connectivity index is 1.36. The number of H-pyrrole nitrogens is 1. The van der Waals surface area contributed by atoms with Crippen LogP contribution in [0.25, 0.3) is 10.9 Å². The summed E-state index contributed by atoms with van der Waals surface area (Å²) < 4.78 is 7.54. The summed E-state index contributed by atoms with van der Waals surface area (Å²) in [6.07, 6.45) is 7.79. The molecule has 0 radical (unpaired) electrons. The van der Waals surface area contributed by atoms with Crippen LogP contribution >= 0.6 is 0 Å². The Morgan fingerprint density at radius 3 is 2.47 bits per heavy atom. The molecule has 0 bridgehead atoms. The fourth-order valence-corrected chi connectivity index (χ4v) is 5.44. The van der Waals surface area contributed by atoms with Crippen molar-refractivity contribution in [1.82, 2.24) is 30.0 Å². The fourth-order valence-electron chi connectivity index (χ4n) is 5.44. The molecular formula is C35H34N6O2. The number of para-hydroxylation sites is 1. The van der Waals surface area contributed by atoms with E-state index in [2.05, 4.69) is 73.5 Å². The molecule has 1 amide bonds. The van der Waals surface area contributed by atoms with E-state index in [0.717, 1.165) is 57.8 Å². The first-order valence-electron chi connectivity index (χ1n) is 14.5. The van der Waals surface area contributed by atoms with Crippen molar-refractivity contribution in [1.29, 1.82) is 0 Å². The van der Waals surface area contributed by atoms with Crippen LogP contribution in [0.5, 0.6) is 5.75 Å². The number of methoxy groups -OCH3 is 1. The second-order valence-corrected chi connectivity index (χ2v) is 10.6. The maximum atomic E-state index is 13.4. The summed E-state index contributed by atoms with van der Waals surface area (Å²) in [5.74, 6) is 2.31. The lowest BCUT2D eigenvalue weighted by Gasteiger charge is -2.20. The number of aryl methyl sites for hydroxylation is 2. The molecule has 0 spiro atoms. The Morgan fingerprint density at radius 1 is 0.884 bits per heavy atom. The highest BCUT2D eigenvalue weighted by molar-refractivity contribution is 5.83. The molecular weight excluding hydrogens is 536 g/mol. The van der Waals surface area contributed by atoms with E-state index in [1.165, 1.54) is 5.56 Å². The third kappa shape index (κ3) is 6.81. The van der Waals surface area contributed by atoms with Gasteiger partial charge < -0.3 is 19.6 Å². The number of pyridine rings is 1. The highest BCUT2D eigenvalue weighted by Gasteiger charge is 2.25. The molecule has 3 aromatic heterocycles. The lowest BCUT2D eigenvalue weighted by molar-refractivity contribution is -0.121. The van der Waals surface area contributed by atoms with Crippen LogP contribution in [-0.4, -0.2) is 37.7 Å². The molecule has 3 aromatic carbocycles. The Hall–Kier alpha value is -5.24. The van der Waals surface area contributed by atoms with Crippen molar-refractivity contribution < 1.29 is 9.53 Å². The third-order valence-corrected chi connectivity index (χ3v) is 7.67. The van der Waals surface area contributed by atoms with Gasteiger partial charge in [0, 0.05) is 42.3 Å². The van der Waals surface area contributed by atoms with Crippen LogP contribution in [0, 0.1) is 0 Å². The monoisotopic (exact) mass is 570 g/mol. The van der Waals surface area contributed by atoms with Crippen molar-refractivity contribution in [2.24, 2.45) is 0 Å². The number of nitrogens with one attached hydrogen (secondary N) is 2. The van der Waals surface area contributed by atoms with Crippen LogP contribution in [0.1, 0.15) is 39.9 Å². The number of nitrogens with zero attached hydrogens (tertiary/aromatic N) is 4. The topological polar surface area (TPSA) is 97.7 Å². The maximum absolute atomic E-state index is 13.4. The minimum atomic E-state index is -0.403. The van der Waals surface area contributed by atoms with Gasteiger partial charge in [-0.3, -0.25) is 9.78 Å². The van der Waals surface area contributed by atoms with Crippen molar-refractivity contribution in [3.63, 3.8) is 0 Å². The van der Waals surface area contributed by atoms with Gasteiger partial charge in [0.15, 0.2) is 5.82 Å². The first kappa shape index (κ1) is 27.9. The standard InChI is InChI=1S/C35H34N6O2/c1-43-29-16-13-26(14-17-29)24-41-33(18-15-25-8-3-2-4-9-25)39-40-35(41)32(38-34(42)20-27-10-7-19-36-22-27)21-28-23-37-31-12-6-5-11-30(28)31/h2-14,16-17,19,22-23,32,37H,15,18,20-21,24H2,1H3,(H,38,42). The Labute approximate surface area is 250 Å². The number of aromatic amines is 1. The van der Waals surface area contributed by atoms with Crippen molar-refractivity contribution in [2.45, 2.75) is 38.3 Å². The molecule has 0 saturated carbocycles. The zero-order chi connectivity index (χ0) is 29.4. The molecule has 3 heterocycles. The van der Waals surface area contributed by atoms with Crippen LogP contribution < -0.4 is 10.1 Å². The van der Waals surface area contributed by atoms with Gasteiger partial charge in [-0.15, -0.1) is 10.2 Å². The largest absolute Gasteiger partial charge is 0.497 e. The van der Waals surface area contributed by atoms with E-state index < -0.39 is 6.04 Å². The second-order valence-electron chi connectivity index (χ2n) is 10.6. The molecule has 1 atom stereocenters. The maximum Gasteiger partial charge on any atom is 0.225 e. The number of benzene rings is 3. The van der Waals surface area contributed by atoms with Gasteiger partial charge in [-0.25, -0.2) is 0 Å². The smallest absolute Gasteiger partial charge is 0.225 e. The molecule has 0 aliphatic heterocycles. The molecule has 1 unspecified atom stereocenters. The van der Waals surface area contributed by atoms with E-state index >= 15 is 0 Å². The summed E-state index contributed by atoms with van der Waals surface area (Å²) >= 11 is 0. The molecule has 0 aliphatic rings. The molecule has 8 heteroatoms. The number of hydrogen-bond acceptors (Lipinski definition) is 5. The number of carbonyl (C=O) groups excluding carboxylic acids is 1. The molecule has 0 saturated heterocycles. The van der Waals surface area contributed by atoms with Crippen LogP contribution in [0.3, 0.4) is 0 Å². The van der Waals surface area contributed by atoms with E-state index in [4.69, 9.17) is 9.84 Å². The van der Waals surface area contributed by atoms with Crippen LogP contribution in [0.2, 0.25) is 0 Å². The van der Waals surface area contributed by atoms with Crippen LogP contribution in [0.4, 0.5) is 0 Å². The first-order chi connectivity index (χ1) is 21.2. The molecule has 6 aromatic rings. The van der Waals surface area contributed by atoms with Gasteiger partial charge in [0.2, 0.25) is 5.91 Å². The summed E-state index contributed by atoms with van der Waals surface area (Å²) in [7, 11) is 1.66. The lowest BCUT2D eigenvalue weighted by atomic mass is 10.0. The number of fused-ring (bicyclic) bond motifs is 1. The fraction of sp³-hybridized carbons (Fsp3) is 0.200. The number of ether oxygens (including phenoxy) is 1. The van der Waals surface area contributed by atoms with Gasteiger partial charge in [0.05, 0.1) is 26.1 Å². The minimum Gasteiger partial charge on any atom is -0.497 e. The highest BCUT2D eigenvalue weighted by Crippen LogP contribution is 2.26. The van der Waals surface area contributed by atoms with Gasteiger partial charge in [-0.2, -0.15) is 0 Å². The molecule has 0 fully saturated rings. The molecule has 6 rings (SSSR count). The normalized spacial score (nSPS) is 11.8. The summed E-state index contributed by atoms with van der Waals surface area (Å²) in [5.41, 5.74) is 5.35. The van der Waals surface area contributed by atoms with Crippen molar-refractivity contribution in [3.05, 3.63) is 143 Å². The predicted octanol–water partition coefficient (Wildman–Crippen LogP) is 5.64. The van der Waals surface area contributed by atoms with Crippen molar-refractivity contribution in [2.75, 3.05) is 7.11 Å². The van der Waals surface area contributed by atoms with Gasteiger partial charge in [-0.1, -0.05) is 66.7 Å².